The standard InChI is InChI=1S/C17H26N4O2/c1-2-20-11-17(9-7-14(20)22)8-4-10-21(12-17)16-19-18-15(23-16)13-5-3-6-13/h13H,2-12H2,1H3. The number of hydrogen-bond donors (Lipinski definition) is 0. The molecule has 0 radical (unpaired) electrons. The minimum Gasteiger partial charge on any atom is -0.408 e. The Kier molecular flexibility index (Phi) is 3.77. The average Bonchev–Trinajstić information content (AvgIpc) is 2.98. The number of aromatic nitrogens is 2. The Balaban J connectivity index is 1.48. The third-order valence-electron chi connectivity index (χ3n) is 5.95. The highest BCUT2D eigenvalue weighted by atomic mass is 16.4. The number of amides is 1. The topological polar surface area (TPSA) is 62.5 Å². The van der Waals surface area contributed by atoms with Gasteiger partial charge in [0.25, 0.3) is 0 Å². The molecule has 126 valence electrons. The Bertz CT molecular complexity index is 583. The van der Waals surface area contributed by atoms with E-state index in [0.29, 0.717) is 24.3 Å². The van der Waals surface area contributed by atoms with Gasteiger partial charge in [0.05, 0.1) is 0 Å². The van der Waals surface area contributed by atoms with Gasteiger partial charge in [0.1, 0.15) is 0 Å². The third kappa shape index (κ3) is 2.72. The molecule has 1 aliphatic carbocycles. The number of carbonyl (C=O) groups excluding carboxylic acids is 1. The molecule has 3 aliphatic rings. The number of likely N-dealkylation sites (tertiary alicyclic amines) is 1. The number of piperidine rings is 2. The van der Waals surface area contributed by atoms with Gasteiger partial charge in [0.2, 0.25) is 11.8 Å². The van der Waals surface area contributed by atoms with Gasteiger partial charge in [-0.25, -0.2) is 0 Å². The molecule has 6 nitrogen and oxygen atoms in total. The summed E-state index contributed by atoms with van der Waals surface area (Å²) in [6, 6.07) is 0.686. The van der Waals surface area contributed by atoms with Crippen LogP contribution in [0.5, 0.6) is 0 Å². The van der Waals surface area contributed by atoms with Crippen molar-refractivity contribution in [3.05, 3.63) is 5.89 Å². The smallest absolute Gasteiger partial charge is 0.318 e. The molecule has 2 saturated heterocycles. The molecule has 1 amide bonds. The lowest BCUT2D eigenvalue weighted by Gasteiger charge is -2.47. The van der Waals surface area contributed by atoms with Crippen LogP contribution in [0.4, 0.5) is 6.01 Å². The summed E-state index contributed by atoms with van der Waals surface area (Å²) < 4.78 is 5.96. The Morgan fingerprint density at radius 2 is 2.09 bits per heavy atom. The van der Waals surface area contributed by atoms with Crippen molar-refractivity contribution in [3.8, 4) is 0 Å². The number of carbonyl (C=O) groups is 1. The molecule has 3 fully saturated rings. The van der Waals surface area contributed by atoms with Crippen LogP contribution in [0.25, 0.3) is 0 Å². The van der Waals surface area contributed by atoms with Crippen molar-refractivity contribution in [3.63, 3.8) is 0 Å². The monoisotopic (exact) mass is 318 g/mol. The lowest BCUT2D eigenvalue weighted by molar-refractivity contribution is -0.137. The summed E-state index contributed by atoms with van der Waals surface area (Å²) in [6.45, 7) is 5.67. The minimum absolute atomic E-state index is 0.202. The van der Waals surface area contributed by atoms with Gasteiger partial charge in [-0.3, -0.25) is 4.79 Å². The van der Waals surface area contributed by atoms with E-state index in [2.05, 4.69) is 22.0 Å². The first kappa shape index (κ1) is 15.0. The summed E-state index contributed by atoms with van der Waals surface area (Å²) in [5.74, 6) is 1.61. The Morgan fingerprint density at radius 3 is 2.83 bits per heavy atom. The Labute approximate surface area is 137 Å². The summed E-state index contributed by atoms with van der Waals surface area (Å²) in [7, 11) is 0. The maximum Gasteiger partial charge on any atom is 0.318 e. The van der Waals surface area contributed by atoms with Gasteiger partial charge >= 0.3 is 6.01 Å². The molecule has 23 heavy (non-hydrogen) atoms. The fourth-order valence-corrected chi connectivity index (χ4v) is 4.27. The zero-order valence-electron chi connectivity index (χ0n) is 14.0. The Morgan fingerprint density at radius 1 is 1.22 bits per heavy atom. The zero-order valence-corrected chi connectivity index (χ0v) is 14.0. The number of rotatable bonds is 3. The first-order valence-electron chi connectivity index (χ1n) is 9.05. The quantitative estimate of drug-likeness (QED) is 0.857. The minimum atomic E-state index is 0.202. The van der Waals surface area contributed by atoms with E-state index in [1.807, 2.05) is 4.90 Å². The zero-order chi connectivity index (χ0) is 15.9. The van der Waals surface area contributed by atoms with Gasteiger partial charge in [0.15, 0.2) is 0 Å². The normalized spacial score (nSPS) is 29.2. The molecule has 1 aromatic rings. The van der Waals surface area contributed by atoms with E-state index in [-0.39, 0.29) is 5.41 Å². The summed E-state index contributed by atoms with van der Waals surface area (Å²) in [5.41, 5.74) is 0.202. The van der Waals surface area contributed by atoms with Gasteiger partial charge in [0, 0.05) is 43.9 Å². The maximum absolute atomic E-state index is 12.0. The summed E-state index contributed by atoms with van der Waals surface area (Å²) >= 11 is 0. The molecule has 0 aromatic carbocycles. The van der Waals surface area contributed by atoms with Crippen LogP contribution in [-0.2, 0) is 4.79 Å². The predicted molar refractivity (Wildman–Crippen MR) is 86.3 cm³/mol. The largest absolute Gasteiger partial charge is 0.408 e. The number of hydrogen-bond acceptors (Lipinski definition) is 5. The summed E-state index contributed by atoms with van der Waals surface area (Å²) in [4.78, 5) is 16.3. The molecule has 3 heterocycles. The van der Waals surface area contributed by atoms with E-state index < -0.39 is 0 Å². The molecule has 1 aromatic heterocycles. The number of nitrogens with zero attached hydrogens (tertiary/aromatic N) is 4. The molecule has 1 unspecified atom stereocenters. The Hall–Kier alpha value is -1.59. The molecule has 2 aliphatic heterocycles. The van der Waals surface area contributed by atoms with Crippen molar-refractivity contribution in [2.45, 2.75) is 57.8 Å². The molecule has 1 atom stereocenters. The van der Waals surface area contributed by atoms with Crippen LogP contribution in [0.1, 0.15) is 63.7 Å². The molecule has 4 rings (SSSR count). The second-order valence-corrected chi connectivity index (χ2v) is 7.48. The summed E-state index contributed by atoms with van der Waals surface area (Å²) in [6.07, 6.45) is 7.62. The van der Waals surface area contributed by atoms with Crippen LogP contribution in [0, 0.1) is 5.41 Å². The molecular formula is C17H26N4O2. The van der Waals surface area contributed by atoms with Gasteiger partial charge in [-0.05, 0) is 39.0 Å². The summed E-state index contributed by atoms with van der Waals surface area (Å²) in [5, 5.41) is 8.57. The van der Waals surface area contributed by atoms with E-state index in [0.717, 1.165) is 44.9 Å². The van der Waals surface area contributed by atoms with E-state index in [4.69, 9.17) is 4.42 Å². The lowest BCUT2D eigenvalue weighted by Crippen LogP contribution is -2.54. The van der Waals surface area contributed by atoms with Gasteiger partial charge in [-0.2, -0.15) is 0 Å². The van der Waals surface area contributed by atoms with E-state index in [9.17, 15) is 4.79 Å². The van der Waals surface area contributed by atoms with Crippen molar-refractivity contribution >= 4 is 11.9 Å². The van der Waals surface area contributed by atoms with Crippen molar-refractivity contribution in [1.29, 1.82) is 0 Å². The molecule has 1 spiro atoms. The highest BCUT2D eigenvalue weighted by molar-refractivity contribution is 5.77. The predicted octanol–water partition coefficient (Wildman–Crippen LogP) is 2.57. The van der Waals surface area contributed by atoms with Gasteiger partial charge in [-0.1, -0.05) is 11.5 Å². The second kappa shape index (κ2) is 5.80. The van der Waals surface area contributed by atoms with Crippen LogP contribution in [0.3, 0.4) is 0 Å². The van der Waals surface area contributed by atoms with Gasteiger partial charge in [-0.15, -0.1) is 5.10 Å². The molecule has 6 heteroatoms. The van der Waals surface area contributed by atoms with Crippen molar-refractivity contribution in [2.24, 2.45) is 5.41 Å². The highest BCUT2D eigenvalue weighted by Crippen LogP contribution is 2.41. The number of anilines is 1. The first-order chi connectivity index (χ1) is 11.2. The first-order valence-corrected chi connectivity index (χ1v) is 9.05. The van der Waals surface area contributed by atoms with Crippen LogP contribution < -0.4 is 4.90 Å². The maximum atomic E-state index is 12.0. The second-order valence-electron chi connectivity index (χ2n) is 7.48. The van der Waals surface area contributed by atoms with E-state index in [1.54, 1.807) is 0 Å². The van der Waals surface area contributed by atoms with Crippen LogP contribution in [0.15, 0.2) is 4.42 Å². The third-order valence-corrected chi connectivity index (χ3v) is 5.95. The molecule has 0 bridgehead atoms. The molecular weight excluding hydrogens is 292 g/mol. The van der Waals surface area contributed by atoms with Crippen LogP contribution in [0.2, 0.25) is 0 Å². The average molecular weight is 318 g/mol. The van der Waals surface area contributed by atoms with E-state index >= 15 is 0 Å². The van der Waals surface area contributed by atoms with Crippen molar-refractivity contribution in [2.75, 3.05) is 31.1 Å². The highest BCUT2D eigenvalue weighted by Gasteiger charge is 2.42. The lowest BCUT2D eigenvalue weighted by atomic mass is 9.73. The fourth-order valence-electron chi connectivity index (χ4n) is 4.27. The fraction of sp³-hybridized carbons (Fsp3) is 0.824. The van der Waals surface area contributed by atoms with E-state index in [1.165, 1.54) is 25.7 Å². The van der Waals surface area contributed by atoms with Crippen molar-refractivity contribution < 1.29 is 9.21 Å². The molecule has 0 N–H and O–H groups in total. The van der Waals surface area contributed by atoms with Gasteiger partial charge < -0.3 is 14.2 Å². The van der Waals surface area contributed by atoms with Crippen LogP contribution >= 0.6 is 0 Å². The molecule has 1 saturated carbocycles. The van der Waals surface area contributed by atoms with Crippen LogP contribution in [-0.4, -0.2) is 47.2 Å². The van der Waals surface area contributed by atoms with Crippen molar-refractivity contribution in [1.82, 2.24) is 15.1 Å². The SMILES string of the molecule is CCN1CC2(CCCN(c3nnc(C4CCC4)o3)C2)CCC1=O.